The molecule has 3 aromatic rings. The van der Waals surface area contributed by atoms with E-state index in [1.807, 2.05) is 42.7 Å². The predicted octanol–water partition coefficient (Wildman–Crippen LogP) is 2.84. The maximum atomic E-state index is 4.39. The van der Waals surface area contributed by atoms with E-state index < -0.39 is 0 Å². The fourth-order valence-electron chi connectivity index (χ4n) is 2.00. The minimum absolute atomic E-state index is 0.204. The fourth-order valence-corrected chi connectivity index (χ4v) is 2.00. The van der Waals surface area contributed by atoms with Crippen LogP contribution < -0.4 is 5.32 Å². The Labute approximate surface area is 117 Å². The summed E-state index contributed by atoms with van der Waals surface area (Å²) in [5.41, 5.74) is 2.17. The zero-order valence-electron chi connectivity index (χ0n) is 11.1. The molecule has 0 amide bonds. The third kappa shape index (κ3) is 2.66. The van der Waals surface area contributed by atoms with Gasteiger partial charge in [0.2, 0.25) is 0 Å². The Hall–Kier alpha value is -2.69. The second kappa shape index (κ2) is 5.52. The van der Waals surface area contributed by atoms with Gasteiger partial charge in [-0.15, -0.1) is 0 Å². The summed E-state index contributed by atoms with van der Waals surface area (Å²) in [5.74, 6) is 0.803. The van der Waals surface area contributed by atoms with Crippen molar-refractivity contribution in [1.82, 2.24) is 19.7 Å². The Bertz CT molecular complexity index is 647. The molecule has 0 aliphatic rings. The lowest BCUT2D eigenvalue weighted by Crippen LogP contribution is -2.07. The van der Waals surface area contributed by atoms with Gasteiger partial charge in [-0.1, -0.05) is 0 Å². The Morgan fingerprint density at radius 2 is 1.95 bits per heavy atom. The molecule has 3 heterocycles. The van der Waals surface area contributed by atoms with E-state index in [4.69, 9.17) is 0 Å². The Balaban J connectivity index is 1.72. The van der Waals surface area contributed by atoms with Crippen molar-refractivity contribution in [1.29, 1.82) is 0 Å². The zero-order chi connectivity index (χ0) is 13.8. The average molecular weight is 265 g/mol. The van der Waals surface area contributed by atoms with Gasteiger partial charge in [-0.05, 0) is 42.8 Å². The van der Waals surface area contributed by atoms with E-state index >= 15 is 0 Å². The molecule has 0 bridgehead atoms. The van der Waals surface area contributed by atoms with E-state index in [1.165, 1.54) is 5.56 Å². The minimum atomic E-state index is 0.204. The Morgan fingerprint density at radius 3 is 2.60 bits per heavy atom. The van der Waals surface area contributed by atoms with Gasteiger partial charge >= 0.3 is 0 Å². The first kappa shape index (κ1) is 12.3. The molecule has 0 aromatic carbocycles. The van der Waals surface area contributed by atoms with Crippen LogP contribution in [-0.2, 0) is 0 Å². The molecule has 5 heteroatoms. The first-order chi connectivity index (χ1) is 9.83. The van der Waals surface area contributed by atoms with Crippen molar-refractivity contribution in [3.63, 3.8) is 0 Å². The maximum Gasteiger partial charge on any atom is 0.153 e. The van der Waals surface area contributed by atoms with Crippen LogP contribution >= 0.6 is 0 Å². The fraction of sp³-hybridized carbons (Fsp3) is 0.133. The number of anilines is 1. The summed E-state index contributed by atoms with van der Waals surface area (Å²) in [5, 5.41) is 7.56. The molecule has 0 aliphatic heterocycles. The van der Waals surface area contributed by atoms with E-state index in [0.717, 1.165) is 11.5 Å². The number of nitrogens with zero attached hydrogens (tertiary/aromatic N) is 4. The lowest BCUT2D eigenvalue weighted by atomic mass is 10.1. The molecular weight excluding hydrogens is 250 g/mol. The van der Waals surface area contributed by atoms with Crippen molar-refractivity contribution in [2.75, 3.05) is 5.32 Å². The topological polar surface area (TPSA) is 55.6 Å². The summed E-state index contributed by atoms with van der Waals surface area (Å²) < 4.78 is 1.73. The summed E-state index contributed by atoms with van der Waals surface area (Å²) in [6, 6.07) is 10.0. The smallest absolute Gasteiger partial charge is 0.153 e. The number of hydrogen-bond acceptors (Lipinski definition) is 4. The van der Waals surface area contributed by atoms with Crippen LogP contribution in [0.3, 0.4) is 0 Å². The zero-order valence-corrected chi connectivity index (χ0v) is 11.1. The summed E-state index contributed by atoms with van der Waals surface area (Å²) in [6.07, 6.45) is 9.02. The average Bonchev–Trinajstić information content (AvgIpc) is 3.03. The van der Waals surface area contributed by atoms with Crippen LogP contribution in [0.2, 0.25) is 0 Å². The van der Waals surface area contributed by atoms with Gasteiger partial charge in [0.1, 0.15) is 0 Å². The second-order valence-corrected chi connectivity index (χ2v) is 4.50. The van der Waals surface area contributed by atoms with Crippen LogP contribution in [0.5, 0.6) is 0 Å². The molecule has 0 saturated heterocycles. The Morgan fingerprint density at radius 1 is 1.10 bits per heavy atom. The molecule has 3 rings (SSSR count). The van der Waals surface area contributed by atoms with Crippen LogP contribution in [0.4, 0.5) is 5.69 Å². The van der Waals surface area contributed by atoms with E-state index in [0.29, 0.717) is 0 Å². The standard InChI is InChI=1S/C15H15N5/c1-12(13-5-8-16-9-6-13)19-14-3-4-15(17-11-14)20-10-2-7-18-20/h2-12,19H,1H3. The summed E-state index contributed by atoms with van der Waals surface area (Å²) >= 11 is 0. The molecule has 1 atom stereocenters. The molecule has 0 saturated carbocycles. The molecule has 0 fully saturated rings. The third-order valence-electron chi connectivity index (χ3n) is 3.08. The van der Waals surface area contributed by atoms with Crippen molar-refractivity contribution in [2.45, 2.75) is 13.0 Å². The van der Waals surface area contributed by atoms with Gasteiger partial charge in [0.05, 0.1) is 11.9 Å². The highest BCUT2D eigenvalue weighted by molar-refractivity contribution is 5.45. The number of nitrogens with one attached hydrogen (secondary N) is 1. The molecule has 1 unspecified atom stereocenters. The maximum absolute atomic E-state index is 4.39. The molecular formula is C15H15N5. The quantitative estimate of drug-likeness (QED) is 0.788. The summed E-state index contributed by atoms with van der Waals surface area (Å²) in [7, 11) is 0. The Kier molecular flexibility index (Phi) is 3.41. The van der Waals surface area contributed by atoms with Crippen molar-refractivity contribution >= 4 is 5.69 Å². The van der Waals surface area contributed by atoms with Gasteiger partial charge in [0.25, 0.3) is 0 Å². The lowest BCUT2D eigenvalue weighted by molar-refractivity contribution is 0.842. The van der Waals surface area contributed by atoms with Crippen LogP contribution in [-0.4, -0.2) is 19.7 Å². The minimum Gasteiger partial charge on any atom is -0.377 e. The molecule has 3 aromatic heterocycles. The normalized spacial score (nSPS) is 12.1. The number of hydrogen-bond donors (Lipinski definition) is 1. The number of pyridine rings is 2. The van der Waals surface area contributed by atoms with Crippen molar-refractivity contribution < 1.29 is 0 Å². The summed E-state index contributed by atoms with van der Waals surface area (Å²) in [4.78, 5) is 8.42. The largest absolute Gasteiger partial charge is 0.377 e. The van der Waals surface area contributed by atoms with Crippen molar-refractivity contribution in [3.05, 3.63) is 66.9 Å². The van der Waals surface area contributed by atoms with Crippen molar-refractivity contribution in [2.24, 2.45) is 0 Å². The highest BCUT2D eigenvalue weighted by Gasteiger charge is 2.05. The molecule has 0 radical (unpaired) electrons. The highest BCUT2D eigenvalue weighted by Crippen LogP contribution is 2.18. The first-order valence-corrected chi connectivity index (χ1v) is 6.45. The van der Waals surface area contributed by atoms with Crippen LogP contribution in [0.1, 0.15) is 18.5 Å². The lowest BCUT2D eigenvalue weighted by Gasteiger charge is -2.15. The first-order valence-electron chi connectivity index (χ1n) is 6.45. The van der Waals surface area contributed by atoms with Gasteiger partial charge in [-0.3, -0.25) is 4.98 Å². The molecule has 100 valence electrons. The van der Waals surface area contributed by atoms with Gasteiger partial charge in [0, 0.05) is 30.8 Å². The van der Waals surface area contributed by atoms with Gasteiger partial charge in [0.15, 0.2) is 5.82 Å². The molecule has 0 spiro atoms. The third-order valence-corrected chi connectivity index (χ3v) is 3.08. The van der Waals surface area contributed by atoms with E-state index in [-0.39, 0.29) is 6.04 Å². The monoisotopic (exact) mass is 265 g/mol. The van der Waals surface area contributed by atoms with Gasteiger partial charge in [-0.25, -0.2) is 9.67 Å². The summed E-state index contributed by atoms with van der Waals surface area (Å²) in [6.45, 7) is 2.11. The van der Waals surface area contributed by atoms with Crippen LogP contribution in [0.25, 0.3) is 5.82 Å². The van der Waals surface area contributed by atoms with Crippen molar-refractivity contribution in [3.8, 4) is 5.82 Å². The van der Waals surface area contributed by atoms with E-state index in [9.17, 15) is 0 Å². The van der Waals surface area contributed by atoms with Crippen LogP contribution in [0, 0.1) is 0 Å². The molecule has 0 aliphatic carbocycles. The molecule has 1 N–H and O–H groups in total. The number of rotatable bonds is 4. The van der Waals surface area contributed by atoms with E-state index in [1.54, 1.807) is 23.3 Å². The highest BCUT2D eigenvalue weighted by atomic mass is 15.3. The van der Waals surface area contributed by atoms with Gasteiger partial charge in [-0.2, -0.15) is 5.10 Å². The second-order valence-electron chi connectivity index (χ2n) is 4.50. The number of aromatic nitrogens is 4. The predicted molar refractivity (Wildman–Crippen MR) is 77.6 cm³/mol. The SMILES string of the molecule is CC(Nc1ccc(-n2cccn2)nc1)c1ccncc1. The molecule has 20 heavy (non-hydrogen) atoms. The molecule has 5 nitrogen and oxygen atoms in total. The van der Waals surface area contributed by atoms with Crippen LogP contribution in [0.15, 0.2) is 61.3 Å². The van der Waals surface area contributed by atoms with Gasteiger partial charge < -0.3 is 5.32 Å². The van der Waals surface area contributed by atoms with E-state index in [2.05, 4.69) is 27.3 Å².